The van der Waals surface area contributed by atoms with E-state index in [0.29, 0.717) is 29.0 Å². The summed E-state index contributed by atoms with van der Waals surface area (Å²) in [7, 11) is -3.41. The van der Waals surface area contributed by atoms with Crippen molar-refractivity contribution in [2.24, 2.45) is 0 Å². The van der Waals surface area contributed by atoms with E-state index >= 15 is 0 Å². The largest absolute Gasteiger partial charge is 0.618 e. The highest BCUT2D eigenvalue weighted by Crippen LogP contribution is 2.28. The van der Waals surface area contributed by atoms with Gasteiger partial charge in [0.25, 0.3) is 0 Å². The number of hydrogen-bond acceptors (Lipinski definition) is 4. The third-order valence-electron chi connectivity index (χ3n) is 4.48. The summed E-state index contributed by atoms with van der Waals surface area (Å²) in [6.07, 6.45) is 3.82. The second-order valence-electron chi connectivity index (χ2n) is 6.51. The van der Waals surface area contributed by atoms with E-state index in [0.717, 1.165) is 16.5 Å². The van der Waals surface area contributed by atoms with Crippen molar-refractivity contribution in [1.82, 2.24) is 9.55 Å². The van der Waals surface area contributed by atoms with Gasteiger partial charge in [0, 0.05) is 36.5 Å². The van der Waals surface area contributed by atoms with Crippen LogP contribution in [0.2, 0.25) is 0 Å². The molecular formula is C20H16FN3O3S. The van der Waals surface area contributed by atoms with Crippen molar-refractivity contribution in [3.8, 4) is 11.4 Å². The lowest BCUT2D eigenvalue weighted by atomic mass is 10.2. The minimum absolute atomic E-state index is 0.105. The van der Waals surface area contributed by atoms with Crippen LogP contribution in [0.15, 0.2) is 71.9 Å². The molecule has 142 valence electrons. The van der Waals surface area contributed by atoms with Crippen molar-refractivity contribution < 1.29 is 17.5 Å². The van der Waals surface area contributed by atoms with Gasteiger partial charge in [-0.15, -0.1) is 0 Å². The first kappa shape index (κ1) is 18.1. The highest BCUT2D eigenvalue weighted by atomic mass is 32.2. The smallest absolute Gasteiger partial charge is 0.240 e. The Balaban J connectivity index is 1.94. The van der Waals surface area contributed by atoms with Crippen LogP contribution in [0.4, 0.5) is 4.39 Å². The van der Waals surface area contributed by atoms with Crippen molar-refractivity contribution in [3.05, 3.63) is 83.6 Å². The second kappa shape index (κ2) is 6.72. The van der Waals surface area contributed by atoms with Crippen molar-refractivity contribution in [1.29, 1.82) is 0 Å². The molecule has 0 aliphatic carbocycles. The highest BCUT2D eigenvalue weighted by molar-refractivity contribution is 7.90. The first-order valence-corrected chi connectivity index (χ1v) is 10.3. The van der Waals surface area contributed by atoms with E-state index in [2.05, 4.69) is 4.98 Å². The number of benzene rings is 1. The molecule has 4 aromatic rings. The number of sulfone groups is 1. The Morgan fingerprint density at radius 2 is 1.89 bits per heavy atom. The van der Waals surface area contributed by atoms with Crippen LogP contribution in [-0.4, -0.2) is 24.2 Å². The van der Waals surface area contributed by atoms with Gasteiger partial charge in [-0.2, -0.15) is 4.73 Å². The summed E-state index contributed by atoms with van der Waals surface area (Å²) < 4.78 is 39.6. The molecule has 0 fully saturated rings. The summed E-state index contributed by atoms with van der Waals surface area (Å²) in [6.45, 7) is 0.346. The molecule has 1 aromatic carbocycles. The summed E-state index contributed by atoms with van der Waals surface area (Å²) in [5, 5.41) is 12.9. The van der Waals surface area contributed by atoms with Gasteiger partial charge in [-0.25, -0.2) is 17.8 Å². The maximum absolute atomic E-state index is 13.3. The molecule has 0 aliphatic heterocycles. The van der Waals surface area contributed by atoms with Gasteiger partial charge in [0.2, 0.25) is 5.69 Å². The number of hydrogen-bond donors (Lipinski definition) is 0. The van der Waals surface area contributed by atoms with Gasteiger partial charge in [-0.3, -0.25) is 0 Å². The number of halogens is 1. The van der Waals surface area contributed by atoms with E-state index in [9.17, 15) is 18.0 Å². The Bertz CT molecular complexity index is 1280. The molecular weight excluding hydrogens is 381 g/mol. The second-order valence-corrected chi connectivity index (χ2v) is 8.53. The van der Waals surface area contributed by atoms with Crippen LogP contribution >= 0.6 is 0 Å². The Hall–Kier alpha value is -3.26. The molecule has 3 aromatic heterocycles. The highest BCUT2D eigenvalue weighted by Gasteiger charge is 2.19. The summed E-state index contributed by atoms with van der Waals surface area (Å²) >= 11 is 0. The van der Waals surface area contributed by atoms with Gasteiger partial charge < -0.3 is 9.77 Å². The molecule has 0 unspecified atom stereocenters. The predicted molar refractivity (Wildman–Crippen MR) is 103 cm³/mol. The van der Waals surface area contributed by atoms with E-state index in [-0.39, 0.29) is 10.7 Å². The van der Waals surface area contributed by atoms with Crippen molar-refractivity contribution in [2.45, 2.75) is 11.4 Å². The zero-order valence-electron chi connectivity index (χ0n) is 14.9. The number of aromatic nitrogens is 3. The fourth-order valence-corrected chi connectivity index (χ4v) is 3.68. The molecule has 0 bridgehead atoms. The van der Waals surface area contributed by atoms with Crippen molar-refractivity contribution >= 4 is 20.9 Å². The van der Waals surface area contributed by atoms with Gasteiger partial charge >= 0.3 is 0 Å². The topological polar surface area (TPSA) is 78.9 Å². The maximum Gasteiger partial charge on any atom is 0.240 e. The molecule has 0 amide bonds. The number of nitrogens with zero attached hydrogens (tertiary/aromatic N) is 3. The fourth-order valence-electron chi connectivity index (χ4n) is 3.10. The van der Waals surface area contributed by atoms with Crippen LogP contribution in [0.5, 0.6) is 0 Å². The Morgan fingerprint density at radius 1 is 1.14 bits per heavy atom. The summed E-state index contributed by atoms with van der Waals surface area (Å²) in [5.41, 5.74) is 2.36. The quantitative estimate of drug-likeness (QED) is 0.392. The van der Waals surface area contributed by atoms with Crippen LogP contribution in [-0.2, 0) is 16.4 Å². The molecule has 4 rings (SSSR count). The van der Waals surface area contributed by atoms with Crippen LogP contribution in [0.3, 0.4) is 0 Å². The molecule has 0 aliphatic rings. The molecule has 0 N–H and O–H groups in total. The minimum Gasteiger partial charge on any atom is -0.618 e. The lowest BCUT2D eigenvalue weighted by molar-refractivity contribution is -0.593. The zero-order chi connectivity index (χ0) is 19.9. The van der Waals surface area contributed by atoms with E-state index in [1.807, 2.05) is 4.57 Å². The van der Waals surface area contributed by atoms with Gasteiger partial charge in [-0.1, -0.05) is 12.1 Å². The molecule has 0 saturated heterocycles. The van der Waals surface area contributed by atoms with Crippen LogP contribution in [0.25, 0.3) is 22.4 Å². The fraction of sp³-hybridized carbons (Fsp3) is 0.100. The predicted octanol–water partition coefficient (Wildman–Crippen LogP) is 2.93. The monoisotopic (exact) mass is 397 g/mol. The first-order chi connectivity index (χ1) is 13.3. The molecule has 0 saturated carbocycles. The molecule has 0 spiro atoms. The normalized spacial score (nSPS) is 11.8. The zero-order valence-corrected chi connectivity index (χ0v) is 15.7. The van der Waals surface area contributed by atoms with Crippen LogP contribution in [0, 0.1) is 11.0 Å². The molecule has 0 radical (unpaired) electrons. The first-order valence-electron chi connectivity index (χ1n) is 8.45. The summed E-state index contributed by atoms with van der Waals surface area (Å²) in [6, 6.07) is 14.4. The molecule has 6 nitrogen and oxygen atoms in total. The van der Waals surface area contributed by atoms with Gasteiger partial charge in [0.1, 0.15) is 17.2 Å². The number of pyridine rings is 2. The Morgan fingerprint density at radius 3 is 2.57 bits per heavy atom. The van der Waals surface area contributed by atoms with E-state index in [4.69, 9.17) is 0 Å². The van der Waals surface area contributed by atoms with Crippen molar-refractivity contribution in [2.75, 3.05) is 6.26 Å². The summed E-state index contributed by atoms with van der Waals surface area (Å²) in [4.78, 5) is 4.44. The molecule has 0 atom stereocenters. The Kier molecular flexibility index (Phi) is 4.35. The van der Waals surface area contributed by atoms with E-state index in [1.54, 1.807) is 42.5 Å². The van der Waals surface area contributed by atoms with Crippen molar-refractivity contribution in [3.63, 3.8) is 0 Å². The lowest BCUT2D eigenvalue weighted by Gasteiger charge is -2.10. The Labute approximate surface area is 161 Å². The molecule has 28 heavy (non-hydrogen) atoms. The van der Waals surface area contributed by atoms with Crippen LogP contribution in [0.1, 0.15) is 5.56 Å². The SMILES string of the molecule is CS(=O)(=O)c1cnc2c(c1)cc(-c1cccc[n+]1[O-])n2Cc1ccc(F)cc1. The number of rotatable bonds is 4. The number of fused-ring (bicyclic) bond motifs is 1. The van der Waals surface area contributed by atoms with Gasteiger partial charge in [0.05, 0.1) is 4.90 Å². The average molecular weight is 397 g/mol. The third-order valence-corrected chi connectivity index (χ3v) is 5.56. The minimum atomic E-state index is -3.41. The van der Waals surface area contributed by atoms with E-state index < -0.39 is 9.84 Å². The third kappa shape index (κ3) is 3.34. The molecule has 3 heterocycles. The maximum atomic E-state index is 13.3. The van der Waals surface area contributed by atoms with Crippen LogP contribution < -0.4 is 4.73 Å². The lowest BCUT2D eigenvalue weighted by Crippen LogP contribution is -2.28. The molecule has 8 heteroatoms. The standard InChI is InChI=1S/C20H16FN3O3S/c1-28(26,27)17-10-15-11-19(18-4-2-3-9-24(18)25)23(20(15)22-12-17)13-14-5-7-16(21)8-6-14/h2-12H,13H2,1H3. The van der Waals surface area contributed by atoms with Gasteiger partial charge in [0.15, 0.2) is 16.0 Å². The summed E-state index contributed by atoms with van der Waals surface area (Å²) in [5.74, 6) is -0.335. The van der Waals surface area contributed by atoms with E-state index in [1.165, 1.54) is 24.5 Å². The van der Waals surface area contributed by atoms with Gasteiger partial charge in [-0.05, 0) is 35.9 Å². The average Bonchev–Trinajstić information content (AvgIpc) is 3.01.